The summed E-state index contributed by atoms with van der Waals surface area (Å²) in [5.74, 6) is 0.254. The van der Waals surface area contributed by atoms with Gasteiger partial charge in [0.05, 0.1) is 17.5 Å². The van der Waals surface area contributed by atoms with E-state index in [0.29, 0.717) is 17.9 Å². The Hall–Kier alpha value is -1.87. The monoisotopic (exact) mass is 342 g/mol. The zero-order valence-electron chi connectivity index (χ0n) is 14.0. The molecule has 1 N–H and O–H groups in total. The number of aromatic nitrogens is 3. The molecule has 0 bridgehead atoms. The van der Waals surface area contributed by atoms with Crippen LogP contribution >= 0.6 is 0 Å². The van der Waals surface area contributed by atoms with Gasteiger partial charge >= 0.3 is 0 Å². The van der Waals surface area contributed by atoms with Crippen molar-refractivity contribution in [3.05, 3.63) is 23.8 Å². The van der Waals surface area contributed by atoms with E-state index in [4.69, 9.17) is 9.26 Å². The number of nitrogens with one attached hydrogen (secondary N) is 1. The normalized spacial score (nSPS) is 12.6. The first kappa shape index (κ1) is 17.5. The third-order valence-corrected chi connectivity index (χ3v) is 5.24. The molecular formula is C14H22N4O4S. The molecule has 0 atom stereocenters. The molecule has 0 fully saturated rings. The number of rotatable bonds is 7. The maximum absolute atomic E-state index is 12.4. The lowest BCUT2D eigenvalue weighted by atomic mass is 10.1. The molecule has 8 nitrogen and oxygen atoms in total. The number of methoxy groups -OCH3 is 1. The summed E-state index contributed by atoms with van der Waals surface area (Å²) in [4.78, 5) is 0.0609. The van der Waals surface area contributed by atoms with Crippen molar-refractivity contribution in [1.82, 2.24) is 14.9 Å². The maximum atomic E-state index is 12.4. The number of hydrogen-bond donors (Lipinski definition) is 1. The quantitative estimate of drug-likeness (QED) is 0.827. The first-order chi connectivity index (χ1) is 10.6. The van der Waals surface area contributed by atoms with Gasteiger partial charge in [-0.15, -0.1) is 0 Å². The van der Waals surface area contributed by atoms with Crippen LogP contribution in [0.3, 0.4) is 0 Å². The van der Waals surface area contributed by atoms with Crippen LogP contribution in [0.1, 0.15) is 31.7 Å². The molecule has 2 aromatic heterocycles. The number of ether oxygens (including phenoxy) is 1. The first-order valence-electron chi connectivity index (χ1n) is 7.18. The fourth-order valence-electron chi connectivity index (χ4n) is 2.09. The van der Waals surface area contributed by atoms with Crippen LogP contribution in [0.25, 0.3) is 0 Å². The highest BCUT2D eigenvalue weighted by Gasteiger charge is 2.24. The van der Waals surface area contributed by atoms with E-state index < -0.39 is 10.0 Å². The van der Waals surface area contributed by atoms with E-state index in [0.717, 1.165) is 6.42 Å². The van der Waals surface area contributed by atoms with E-state index >= 15 is 0 Å². The molecule has 0 saturated heterocycles. The van der Waals surface area contributed by atoms with Crippen molar-refractivity contribution in [3.8, 4) is 0 Å². The largest absolute Gasteiger partial charge is 0.379 e. The van der Waals surface area contributed by atoms with Crippen LogP contribution in [0.5, 0.6) is 0 Å². The topological polar surface area (TPSA) is 99.2 Å². The zero-order chi connectivity index (χ0) is 17.3. The molecular weight excluding hydrogens is 320 g/mol. The molecule has 2 heterocycles. The van der Waals surface area contributed by atoms with Gasteiger partial charge in [0.15, 0.2) is 10.7 Å². The molecule has 2 rings (SSSR count). The van der Waals surface area contributed by atoms with Gasteiger partial charge in [0, 0.05) is 19.9 Å². The van der Waals surface area contributed by atoms with Crippen molar-refractivity contribution < 1.29 is 17.7 Å². The van der Waals surface area contributed by atoms with Crippen molar-refractivity contribution >= 4 is 15.7 Å². The lowest BCUT2D eigenvalue weighted by Crippen LogP contribution is -2.24. The summed E-state index contributed by atoms with van der Waals surface area (Å²) in [5.41, 5.74) is 0.451. The van der Waals surface area contributed by atoms with E-state index in [9.17, 15) is 8.42 Å². The van der Waals surface area contributed by atoms with Gasteiger partial charge in [-0.3, -0.25) is 9.40 Å². The molecule has 9 heteroatoms. The van der Waals surface area contributed by atoms with Crippen LogP contribution < -0.4 is 4.72 Å². The number of anilines is 1. The van der Waals surface area contributed by atoms with E-state index in [-0.39, 0.29) is 16.3 Å². The van der Waals surface area contributed by atoms with Crippen molar-refractivity contribution in [3.63, 3.8) is 0 Å². The minimum Gasteiger partial charge on any atom is -0.379 e. The third kappa shape index (κ3) is 4.11. The molecule has 0 aliphatic rings. The molecule has 0 aliphatic carbocycles. The average Bonchev–Trinajstić information content (AvgIpc) is 3.03. The molecule has 0 aliphatic heterocycles. The molecule has 0 radical (unpaired) electrons. The van der Waals surface area contributed by atoms with Crippen LogP contribution in [0.15, 0.2) is 21.8 Å². The minimum absolute atomic E-state index is 0.0609. The summed E-state index contributed by atoms with van der Waals surface area (Å²) in [5, 5.41) is 7.83. The summed E-state index contributed by atoms with van der Waals surface area (Å²) in [6.45, 7) is 7.73. The van der Waals surface area contributed by atoms with E-state index in [2.05, 4.69) is 15.0 Å². The maximum Gasteiger partial charge on any atom is 0.267 e. The van der Waals surface area contributed by atoms with Crippen LogP contribution in [-0.4, -0.2) is 36.1 Å². The summed E-state index contributed by atoms with van der Waals surface area (Å²) in [6.07, 6.45) is 3.86. The smallest absolute Gasteiger partial charge is 0.267 e. The Labute approximate surface area is 135 Å². The van der Waals surface area contributed by atoms with E-state index in [1.807, 2.05) is 13.8 Å². The van der Waals surface area contributed by atoms with Crippen LogP contribution in [0.4, 0.5) is 5.69 Å². The first-order valence-corrected chi connectivity index (χ1v) is 8.66. The van der Waals surface area contributed by atoms with Gasteiger partial charge in [-0.2, -0.15) is 5.10 Å². The summed E-state index contributed by atoms with van der Waals surface area (Å²) >= 11 is 0. The van der Waals surface area contributed by atoms with Gasteiger partial charge in [0.1, 0.15) is 5.69 Å². The Morgan fingerprint density at radius 3 is 2.65 bits per heavy atom. The standard InChI is InChI=1S/C14H22N4O4S/c1-10-13(11(2)22-16-10)23(19,20)17-12-8-15-18(9-12)7-6-14(3,4)21-5/h8-9,17H,6-7H2,1-5H3. The second kappa shape index (κ2) is 6.32. The Bertz CT molecular complexity index is 757. The predicted molar refractivity (Wildman–Crippen MR) is 84.7 cm³/mol. The Kier molecular flexibility index (Phi) is 4.81. The van der Waals surface area contributed by atoms with Crippen LogP contribution in [0, 0.1) is 13.8 Å². The highest BCUT2D eigenvalue weighted by molar-refractivity contribution is 7.92. The average molecular weight is 342 g/mol. The predicted octanol–water partition coefficient (Wildman–Crippen LogP) is 2.10. The third-order valence-electron chi connectivity index (χ3n) is 3.62. The second-order valence-corrected chi connectivity index (χ2v) is 7.58. The minimum atomic E-state index is -3.75. The zero-order valence-corrected chi connectivity index (χ0v) is 14.8. The number of aryl methyl sites for hydroxylation is 3. The van der Waals surface area contributed by atoms with Gasteiger partial charge in [-0.05, 0) is 34.1 Å². The molecule has 23 heavy (non-hydrogen) atoms. The lowest BCUT2D eigenvalue weighted by Gasteiger charge is -2.22. The van der Waals surface area contributed by atoms with Gasteiger partial charge < -0.3 is 9.26 Å². The molecule has 0 spiro atoms. The highest BCUT2D eigenvalue weighted by atomic mass is 32.2. The van der Waals surface area contributed by atoms with Gasteiger partial charge in [0.25, 0.3) is 10.0 Å². The molecule has 0 amide bonds. The highest BCUT2D eigenvalue weighted by Crippen LogP contribution is 2.22. The Balaban J connectivity index is 2.10. The Morgan fingerprint density at radius 2 is 2.09 bits per heavy atom. The molecule has 0 saturated carbocycles. The van der Waals surface area contributed by atoms with Crippen molar-refractivity contribution in [2.75, 3.05) is 11.8 Å². The summed E-state index contributed by atoms with van der Waals surface area (Å²) in [6, 6.07) is 0. The number of nitrogens with zero attached hydrogens (tertiary/aromatic N) is 3. The molecule has 128 valence electrons. The SMILES string of the molecule is COC(C)(C)CCn1cc(NS(=O)(=O)c2c(C)noc2C)cn1. The summed E-state index contributed by atoms with van der Waals surface area (Å²) < 4.78 is 39.2. The fraction of sp³-hybridized carbons (Fsp3) is 0.571. The molecule has 0 aromatic carbocycles. The van der Waals surface area contributed by atoms with Gasteiger partial charge in [-0.1, -0.05) is 5.16 Å². The van der Waals surface area contributed by atoms with Crippen molar-refractivity contribution in [1.29, 1.82) is 0 Å². The van der Waals surface area contributed by atoms with Crippen LogP contribution in [-0.2, 0) is 21.3 Å². The molecule has 0 unspecified atom stereocenters. The number of hydrogen-bond acceptors (Lipinski definition) is 6. The van der Waals surface area contributed by atoms with Gasteiger partial charge in [0.2, 0.25) is 0 Å². The second-order valence-electron chi connectivity index (χ2n) is 5.96. The van der Waals surface area contributed by atoms with Crippen molar-refractivity contribution in [2.24, 2.45) is 0 Å². The van der Waals surface area contributed by atoms with E-state index in [1.54, 1.807) is 31.8 Å². The van der Waals surface area contributed by atoms with Crippen molar-refractivity contribution in [2.45, 2.75) is 51.2 Å². The van der Waals surface area contributed by atoms with Gasteiger partial charge in [-0.25, -0.2) is 8.42 Å². The lowest BCUT2D eigenvalue weighted by molar-refractivity contribution is 0.0113. The number of sulfonamides is 1. The van der Waals surface area contributed by atoms with E-state index in [1.165, 1.54) is 6.20 Å². The molecule has 2 aromatic rings. The Morgan fingerprint density at radius 1 is 1.39 bits per heavy atom. The fourth-order valence-corrected chi connectivity index (χ4v) is 3.45. The summed E-state index contributed by atoms with van der Waals surface area (Å²) in [7, 11) is -2.09. The van der Waals surface area contributed by atoms with Crippen LogP contribution in [0.2, 0.25) is 0 Å².